The van der Waals surface area contributed by atoms with E-state index >= 15 is 0 Å². The second kappa shape index (κ2) is 6.00. The molecule has 1 aromatic rings. The molecule has 0 aliphatic heterocycles. The monoisotopic (exact) mass is 223 g/mol. The number of carbonyl (C=O) groups is 1. The normalized spacial score (nSPS) is 9.88. The Labute approximate surface area is 95.5 Å². The Morgan fingerprint density at radius 3 is 2.50 bits per heavy atom. The molecular weight excluding hydrogens is 206 g/mol. The van der Waals surface area contributed by atoms with Gasteiger partial charge in [0, 0.05) is 13.1 Å². The number of rotatable bonds is 5. The van der Waals surface area contributed by atoms with E-state index in [0.717, 1.165) is 0 Å². The first-order chi connectivity index (χ1) is 7.69. The van der Waals surface area contributed by atoms with E-state index in [1.165, 1.54) is 6.07 Å². The molecule has 16 heavy (non-hydrogen) atoms. The smallest absolute Gasteiger partial charge is 0.260 e. The first-order valence-corrected chi connectivity index (χ1v) is 5.37. The van der Waals surface area contributed by atoms with Crippen molar-refractivity contribution in [3.05, 3.63) is 24.3 Å². The van der Waals surface area contributed by atoms with Crippen LogP contribution in [-0.4, -0.2) is 35.6 Å². The third kappa shape index (κ3) is 3.15. The summed E-state index contributed by atoms with van der Waals surface area (Å²) in [6, 6.07) is 6.60. The van der Waals surface area contributed by atoms with Crippen LogP contribution in [0, 0.1) is 0 Å². The lowest BCUT2D eigenvalue weighted by Crippen LogP contribution is -2.34. The quantitative estimate of drug-likeness (QED) is 0.825. The summed E-state index contributed by atoms with van der Waals surface area (Å²) < 4.78 is 5.24. The summed E-state index contributed by atoms with van der Waals surface area (Å²) in [4.78, 5) is 13.3. The third-order valence-corrected chi connectivity index (χ3v) is 2.33. The molecule has 0 atom stereocenters. The average Bonchev–Trinajstić information content (AvgIpc) is 2.29. The standard InChI is InChI=1S/C12H17NO3/c1-3-13(4-2)12(15)9-16-11-8-6-5-7-10(11)14/h5-8,14H,3-4,9H2,1-2H3. The summed E-state index contributed by atoms with van der Waals surface area (Å²) in [5, 5.41) is 9.43. The Kier molecular flexibility index (Phi) is 4.64. The molecule has 1 aromatic carbocycles. The van der Waals surface area contributed by atoms with Crippen molar-refractivity contribution in [1.29, 1.82) is 0 Å². The van der Waals surface area contributed by atoms with Gasteiger partial charge in [0.25, 0.3) is 5.91 Å². The number of aromatic hydroxyl groups is 1. The molecule has 4 heteroatoms. The van der Waals surface area contributed by atoms with E-state index in [2.05, 4.69) is 0 Å². The number of phenolic OH excluding ortho intramolecular Hbond substituents is 1. The molecule has 0 radical (unpaired) electrons. The Morgan fingerprint density at radius 2 is 1.94 bits per heavy atom. The van der Waals surface area contributed by atoms with E-state index in [4.69, 9.17) is 4.74 Å². The molecule has 1 amide bonds. The zero-order chi connectivity index (χ0) is 12.0. The van der Waals surface area contributed by atoms with Gasteiger partial charge in [0.05, 0.1) is 0 Å². The maximum Gasteiger partial charge on any atom is 0.260 e. The van der Waals surface area contributed by atoms with Crippen molar-refractivity contribution in [2.75, 3.05) is 19.7 Å². The summed E-state index contributed by atoms with van der Waals surface area (Å²) in [5.41, 5.74) is 0. The van der Waals surface area contributed by atoms with Crippen LogP contribution in [0.2, 0.25) is 0 Å². The van der Waals surface area contributed by atoms with Gasteiger partial charge in [-0.15, -0.1) is 0 Å². The molecule has 0 saturated heterocycles. The average molecular weight is 223 g/mol. The predicted molar refractivity (Wildman–Crippen MR) is 61.5 cm³/mol. The van der Waals surface area contributed by atoms with E-state index in [0.29, 0.717) is 18.8 Å². The van der Waals surface area contributed by atoms with Crippen molar-refractivity contribution in [1.82, 2.24) is 4.90 Å². The van der Waals surface area contributed by atoms with Crippen LogP contribution in [0.5, 0.6) is 11.5 Å². The van der Waals surface area contributed by atoms with Gasteiger partial charge in [-0.05, 0) is 26.0 Å². The number of carbonyl (C=O) groups excluding carboxylic acids is 1. The SMILES string of the molecule is CCN(CC)C(=O)COc1ccccc1O. The summed E-state index contributed by atoms with van der Waals surface area (Å²) in [5.74, 6) is 0.311. The highest BCUT2D eigenvalue weighted by atomic mass is 16.5. The molecule has 0 heterocycles. The predicted octanol–water partition coefficient (Wildman–Crippen LogP) is 1.64. The van der Waals surface area contributed by atoms with Gasteiger partial charge in [0.2, 0.25) is 0 Å². The van der Waals surface area contributed by atoms with Crippen molar-refractivity contribution >= 4 is 5.91 Å². The molecule has 0 spiro atoms. The highest BCUT2D eigenvalue weighted by molar-refractivity contribution is 5.77. The minimum Gasteiger partial charge on any atom is -0.504 e. The molecular formula is C12H17NO3. The van der Waals surface area contributed by atoms with Crippen molar-refractivity contribution in [2.45, 2.75) is 13.8 Å². The van der Waals surface area contributed by atoms with Crippen molar-refractivity contribution in [3.63, 3.8) is 0 Å². The van der Waals surface area contributed by atoms with Crippen LogP contribution in [-0.2, 0) is 4.79 Å². The number of phenols is 1. The molecule has 4 nitrogen and oxygen atoms in total. The number of para-hydroxylation sites is 2. The zero-order valence-corrected chi connectivity index (χ0v) is 9.64. The van der Waals surface area contributed by atoms with Gasteiger partial charge in [0.1, 0.15) is 0 Å². The lowest BCUT2D eigenvalue weighted by molar-refractivity contribution is -0.132. The maximum absolute atomic E-state index is 11.6. The number of hydrogen-bond acceptors (Lipinski definition) is 3. The van der Waals surface area contributed by atoms with Crippen LogP contribution in [0.3, 0.4) is 0 Å². The Balaban J connectivity index is 2.52. The summed E-state index contributed by atoms with van der Waals surface area (Å²) >= 11 is 0. The molecule has 0 aliphatic carbocycles. The van der Waals surface area contributed by atoms with Crippen LogP contribution in [0.15, 0.2) is 24.3 Å². The highest BCUT2D eigenvalue weighted by Gasteiger charge is 2.10. The van der Waals surface area contributed by atoms with E-state index in [9.17, 15) is 9.90 Å². The van der Waals surface area contributed by atoms with Crippen molar-refractivity contribution in [3.8, 4) is 11.5 Å². The molecule has 0 aliphatic rings. The minimum absolute atomic E-state index is 0.0424. The Hall–Kier alpha value is -1.71. The first kappa shape index (κ1) is 12.4. The second-order valence-electron chi connectivity index (χ2n) is 3.32. The van der Waals surface area contributed by atoms with E-state index in [1.54, 1.807) is 23.1 Å². The van der Waals surface area contributed by atoms with Crippen LogP contribution in [0.1, 0.15) is 13.8 Å². The number of likely N-dealkylation sites (N-methyl/N-ethyl adjacent to an activating group) is 1. The molecule has 0 unspecified atom stereocenters. The molecule has 0 bridgehead atoms. The summed E-state index contributed by atoms with van der Waals surface area (Å²) in [6.07, 6.45) is 0. The van der Waals surface area contributed by atoms with Gasteiger partial charge in [-0.3, -0.25) is 4.79 Å². The van der Waals surface area contributed by atoms with Crippen molar-refractivity contribution < 1.29 is 14.6 Å². The minimum atomic E-state index is -0.0757. The fourth-order valence-electron chi connectivity index (χ4n) is 1.39. The molecule has 0 aromatic heterocycles. The number of benzene rings is 1. The molecule has 1 N–H and O–H groups in total. The van der Waals surface area contributed by atoms with Gasteiger partial charge in [-0.2, -0.15) is 0 Å². The van der Waals surface area contributed by atoms with Crippen LogP contribution < -0.4 is 4.74 Å². The zero-order valence-electron chi connectivity index (χ0n) is 9.64. The number of nitrogens with zero attached hydrogens (tertiary/aromatic N) is 1. The van der Waals surface area contributed by atoms with Crippen LogP contribution in [0.25, 0.3) is 0 Å². The maximum atomic E-state index is 11.6. The lowest BCUT2D eigenvalue weighted by atomic mass is 10.3. The Bertz CT molecular complexity index is 348. The van der Waals surface area contributed by atoms with Gasteiger partial charge < -0.3 is 14.7 Å². The molecule has 1 rings (SSSR count). The number of hydrogen-bond donors (Lipinski definition) is 1. The number of amides is 1. The molecule has 88 valence electrons. The molecule has 0 fully saturated rings. The van der Waals surface area contributed by atoms with E-state index < -0.39 is 0 Å². The van der Waals surface area contributed by atoms with E-state index in [-0.39, 0.29) is 18.3 Å². The van der Waals surface area contributed by atoms with Gasteiger partial charge in [-0.25, -0.2) is 0 Å². The van der Waals surface area contributed by atoms with Gasteiger partial charge in [-0.1, -0.05) is 12.1 Å². The highest BCUT2D eigenvalue weighted by Crippen LogP contribution is 2.24. The number of ether oxygens (including phenoxy) is 1. The van der Waals surface area contributed by atoms with Crippen LogP contribution in [0.4, 0.5) is 0 Å². The lowest BCUT2D eigenvalue weighted by Gasteiger charge is -2.18. The topological polar surface area (TPSA) is 49.8 Å². The summed E-state index contributed by atoms with van der Waals surface area (Å²) in [6.45, 7) is 5.13. The third-order valence-electron chi connectivity index (χ3n) is 2.33. The molecule has 0 saturated carbocycles. The van der Waals surface area contributed by atoms with E-state index in [1.807, 2.05) is 13.8 Å². The van der Waals surface area contributed by atoms with Gasteiger partial charge in [0.15, 0.2) is 18.1 Å². The van der Waals surface area contributed by atoms with Gasteiger partial charge >= 0.3 is 0 Å². The van der Waals surface area contributed by atoms with Crippen molar-refractivity contribution in [2.24, 2.45) is 0 Å². The second-order valence-corrected chi connectivity index (χ2v) is 3.32. The van der Waals surface area contributed by atoms with Crippen LogP contribution >= 0.6 is 0 Å². The first-order valence-electron chi connectivity index (χ1n) is 5.37. The summed E-state index contributed by atoms with van der Waals surface area (Å²) in [7, 11) is 0. The Morgan fingerprint density at radius 1 is 1.31 bits per heavy atom. The largest absolute Gasteiger partial charge is 0.504 e. The fraction of sp³-hybridized carbons (Fsp3) is 0.417. The fourth-order valence-corrected chi connectivity index (χ4v) is 1.39.